The molecule has 0 unspecified atom stereocenters. The molecular weight excluding hydrogens is 200 g/mol. The van der Waals surface area contributed by atoms with Crippen LogP contribution in [0.5, 0.6) is 0 Å². The maximum Gasteiger partial charge on any atom is 0.222 e. The summed E-state index contributed by atoms with van der Waals surface area (Å²) in [6.07, 6.45) is 4.23. The maximum absolute atomic E-state index is 4.35. The number of nitrogens with one attached hydrogen (secondary N) is 2. The topological polar surface area (TPSA) is 49.8 Å². The third-order valence-electron chi connectivity index (χ3n) is 3.28. The Labute approximate surface area is 96.9 Å². The maximum atomic E-state index is 4.35. The Morgan fingerprint density at radius 1 is 1.44 bits per heavy atom. The van der Waals surface area contributed by atoms with Gasteiger partial charge < -0.3 is 10.6 Å². The Hall–Kier alpha value is -1.16. The molecule has 88 valence electrons. The van der Waals surface area contributed by atoms with Crippen LogP contribution >= 0.6 is 0 Å². The highest BCUT2D eigenvalue weighted by molar-refractivity contribution is 5.25. The number of hydrogen-bond acceptors (Lipinski definition) is 4. The van der Waals surface area contributed by atoms with Crippen LogP contribution in [0.3, 0.4) is 0 Å². The largest absolute Gasteiger partial charge is 0.354 e. The Kier molecular flexibility index (Phi) is 3.39. The molecule has 2 N–H and O–H groups in total. The van der Waals surface area contributed by atoms with E-state index in [2.05, 4.69) is 27.5 Å². The van der Waals surface area contributed by atoms with Gasteiger partial charge in [-0.1, -0.05) is 6.92 Å². The molecule has 2 rings (SSSR count). The van der Waals surface area contributed by atoms with E-state index >= 15 is 0 Å². The molecule has 0 aromatic carbocycles. The predicted octanol–water partition coefficient (Wildman–Crippen LogP) is 1.59. The molecule has 0 radical (unpaired) electrons. The van der Waals surface area contributed by atoms with Crippen LogP contribution in [0.2, 0.25) is 0 Å². The molecule has 0 aliphatic carbocycles. The van der Waals surface area contributed by atoms with Crippen molar-refractivity contribution < 1.29 is 0 Å². The summed E-state index contributed by atoms with van der Waals surface area (Å²) in [5.74, 6) is 0.750. The van der Waals surface area contributed by atoms with Gasteiger partial charge in [0, 0.05) is 18.4 Å². The number of aryl methyl sites for hydroxylation is 1. The van der Waals surface area contributed by atoms with E-state index < -0.39 is 0 Å². The summed E-state index contributed by atoms with van der Waals surface area (Å²) in [7, 11) is 0. The van der Waals surface area contributed by atoms with Crippen molar-refractivity contribution in [3.05, 3.63) is 18.0 Å². The van der Waals surface area contributed by atoms with E-state index in [-0.39, 0.29) is 0 Å². The van der Waals surface area contributed by atoms with Crippen LogP contribution in [0.15, 0.2) is 12.3 Å². The van der Waals surface area contributed by atoms with E-state index in [0.717, 1.165) is 31.3 Å². The van der Waals surface area contributed by atoms with Gasteiger partial charge in [0.1, 0.15) is 0 Å². The summed E-state index contributed by atoms with van der Waals surface area (Å²) >= 11 is 0. The van der Waals surface area contributed by atoms with Crippen LogP contribution < -0.4 is 10.6 Å². The van der Waals surface area contributed by atoms with Gasteiger partial charge in [0.2, 0.25) is 5.95 Å². The quantitative estimate of drug-likeness (QED) is 0.812. The molecule has 0 saturated carbocycles. The lowest BCUT2D eigenvalue weighted by atomic mass is 9.81. The molecule has 1 aliphatic rings. The minimum atomic E-state index is 0.373. The van der Waals surface area contributed by atoms with Gasteiger partial charge in [0.05, 0.1) is 0 Å². The van der Waals surface area contributed by atoms with Gasteiger partial charge in [-0.3, -0.25) is 0 Å². The second-order valence-electron chi connectivity index (χ2n) is 4.94. The smallest absolute Gasteiger partial charge is 0.222 e. The highest BCUT2D eigenvalue weighted by atomic mass is 15.1. The lowest BCUT2D eigenvalue weighted by Crippen LogP contribution is -2.39. The van der Waals surface area contributed by atoms with E-state index in [1.165, 1.54) is 12.8 Å². The zero-order chi connectivity index (χ0) is 11.4. The minimum Gasteiger partial charge on any atom is -0.354 e. The van der Waals surface area contributed by atoms with Gasteiger partial charge in [-0.15, -0.1) is 0 Å². The van der Waals surface area contributed by atoms with E-state index in [9.17, 15) is 0 Å². The first kappa shape index (κ1) is 11.3. The lowest BCUT2D eigenvalue weighted by molar-refractivity contribution is 0.247. The first-order valence-corrected chi connectivity index (χ1v) is 5.92. The van der Waals surface area contributed by atoms with Crippen LogP contribution in [0.4, 0.5) is 5.95 Å². The van der Waals surface area contributed by atoms with Gasteiger partial charge in [0.15, 0.2) is 0 Å². The highest BCUT2D eigenvalue weighted by Crippen LogP contribution is 2.27. The molecule has 1 aromatic rings. The van der Waals surface area contributed by atoms with Crippen molar-refractivity contribution in [2.24, 2.45) is 5.41 Å². The average Bonchev–Trinajstić information content (AvgIpc) is 2.28. The predicted molar refractivity (Wildman–Crippen MR) is 65.5 cm³/mol. The Morgan fingerprint density at radius 3 is 2.88 bits per heavy atom. The number of aromatic nitrogens is 2. The first-order chi connectivity index (χ1) is 7.68. The molecule has 1 fully saturated rings. The third-order valence-corrected chi connectivity index (χ3v) is 3.28. The van der Waals surface area contributed by atoms with E-state index in [4.69, 9.17) is 0 Å². The van der Waals surface area contributed by atoms with Crippen molar-refractivity contribution in [3.8, 4) is 0 Å². The summed E-state index contributed by atoms with van der Waals surface area (Å²) in [5.41, 5.74) is 1.38. The number of hydrogen-bond donors (Lipinski definition) is 2. The van der Waals surface area contributed by atoms with Gasteiger partial charge in [-0.05, 0) is 44.3 Å². The molecular formula is C12H20N4. The fourth-order valence-corrected chi connectivity index (χ4v) is 2.03. The summed E-state index contributed by atoms with van der Waals surface area (Å²) < 4.78 is 0. The summed E-state index contributed by atoms with van der Waals surface area (Å²) in [6, 6.07) is 1.91. The molecule has 0 spiro atoms. The monoisotopic (exact) mass is 220 g/mol. The Balaban J connectivity index is 1.91. The van der Waals surface area contributed by atoms with Crippen LogP contribution in [0.25, 0.3) is 0 Å². The van der Waals surface area contributed by atoms with Crippen molar-refractivity contribution in [1.29, 1.82) is 0 Å². The Morgan fingerprint density at radius 2 is 2.19 bits per heavy atom. The van der Waals surface area contributed by atoms with Crippen molar-refractivity contribution in [2.45, 2.75) is 26.7 Å². The standard InChI is InChI=1S/C12H20N4/c1-10-3-6-14-11(16-10)15-9-12(2)4-7-13-8-5-12/h3,6,13H,4-5,7-9H2,1-2H3,(H,14,15,16). The number of anilines is 1. The molecule has 4 heteroatoms. The van der Waals surface area contributed by atoms with Crippen LogP contribution in [-0.4, -0.2) is 29.6 Å². The van der Waals surface area contributed by atoms with Crippen molar-refractivity contribution in [3.63, 3.8) is 0 Å². The fourth-order valence-electron chi connectivity index (χ4n) is 2.03. The molecule has 1 saturated heterocycles. The van der Waals surface area contributed by atoms with Crippen LogP contribution in [-0.2, 0) is 0 Å². The van der Waals surface area contributed by atoms with Crippen LogP contribution in [0.1, 0.15) is 25.5 Å². The van der Waals surface area contributed by atoms with Crippen molar-refractivity contribution in [2.75, 3.05) is 25.0 Å². The van der Waals surface area contributed by atoms with E-state index in [1.807, 2.05) is 13.0 Å². The number of nitrogens with zero attached hydrogens (tertiary/aromatic N) is 2. The Bertz CT molecular complexity index is 345. The summed E-state index contributed by atoms with van der Waals surface area (Å²) in [5, 5.41) is 6.73. The second-order valence-corrected chi connectivity index (χ2v) is 4.94. The van der Waals surface area contributed by atoms with Gasteiger partial charge in [0.25, 0.3) is 0 Å². The lowest BCUT2D eigenvalue weighted by Gasteiger charge is -2.34. The van der Waals surface area contributed by atoms with E-state index in [1.54, 1.807) is 6.20 Å². The number of piperidine rings is 1. The fraction of sp³-hybridized carbons (Fsp3) is 0.667. The molecule has 0 amide bonds. The molecule has 0 bridgehead atoms. The van der Waals surface area contributed by atoms with E-state index in [0.29, 0.717) is 5.41 Å². The molecule has 16 heavy (non-hydrogen) atoms. The zero-order valence-electron chi connectivity index (χ0n) is 10.1. The van der Waals surface area contributed by atoms with Gasteiger partial charge >= 0.3 is 0 Å². The van der Waals surface area contributed by atoms with Gasteiger partial charge in [-0.2, -0.15) is 0 Å². The molecule has 4 nitrogen and oxygen atoms in total. The number of rotatable bonds is 3. The van der Waals surface area contributed by atoms with Crippen LogP contribution in [0, 0.1) is 12.3 Å². The SMILES string of the molecule is Cc1ccnc(NCC2(C)CCNCC2)n1. The highest BCUT2D eigenvalue weighted by Gasteiger charge is 2.26. The molecule has 0 atom stereocenters. The normalized spacial score (nSPS) is 19.4. The third kappa shape index (κ3) is 2.92. The van der Waals surface area contributed by atoms with Gasteiger partial charge in [-0.25, -0.2) is 9.97 Å². The summed E-state index contributed by atoms with van der Waals surface area (Å²) in [4.78, 5) is 8.57. The zero-order valence-corrected chi connectivity index (χ0v) is 10.1. The average molecular weight is 220 g/mol. The summed E-state index contributed by atoms with van der Waals surface area (Å²) in [6.45, 7) is 7.51. The van der Waals surface area contributed by atoms with Crippen molar-refractivity contribution >= 4 is 5.95 Å². The minimum absolute atomic E-state index is 0.373. The molecule has 1 aromatic heterocycles. The molecule has 1 aliphatic heterocycles. The second kappa shape index (κ2) is 4.78. The van der Waals surface area contributed by atoms with Crippen molar-refractivity contribution in [1.82, 2.24) is 15.3 Å². The first-order valence-electron chi connectivity index (χ1n) is 5.92. The molecule has 2 heterocycles.